The lowest BCUT2D eigenvalue weighted by atomic mass is 10.1. The molecule has 6 nitrogen and oxygen atoms in total. The fourth-order valence-corrected chi connectivity index (χ4v) is 4.67. The Bertz CT molecular complexity index is 936. The average Bonchev–Trinajstić information content (AvgIpc) is 2.76. The first-order chi connectivity index (χ1) is 14.8. The van der Waals surface area contributed by atoms with E-state index in [1.54, 1.807) is 24.3 Å². The van der Waals surface area contributed by atoms with Gasteiger partial charge in [-0.3, -0.25) is 4.79 Å². The third-order valence-electron chi connectivity index (χ3n) is 5.07. The number of benzene rings is 2. The lowest BCUT2D eigenvalue weighted by Gasteiger charge is -2.18. The van der Waals surface area contributed by atoms with E-state index in [0.717, 1.165) is 16.7 Å². The van der Waals surface area contributed by atoms with Crippen LogP contribution in [0.4, 0.5) is 0 Å². The van der Waals surface area contributed by atoms with E-state index in [2.05, 4.69) is 5.32 Å². The van der Waals surface area contributed by atoms with Crippen molar-refractivity contribution >= 4 is 15.9 Å². The predicted molar refractivity (Wildman–Crippen MR) is 123 cm³/mol. The van der Waals surface area contributed by atoms with E-state index in [1.807, 2.05) is 52.0 Å². The van der Waals surface area contributed by atoms with Gasteiger partial charge in [0.1, 0.15) is 0 Å². The summed E-state index contributed by atoms with van der Waals surface area (Å²) in [6, 6.07) is 14.7. The molecule has 7 heteroatoms. The molecule has 170 valence electrons. The molecule has 0 atom stereocenters. The maximum atomic E-state index is 12.6. The van der Waals surface area contributed by atoms with E-state index in [-0.39, 0.29) is 16.9 Å². The molecular formula is C24H34N2O4S. The van der Waals surface area contributed by atoms with Gasteiger partial charge in [-0.15, -0.1) is 0 Å². The van der Waals surface area contributed by atoms with Crippen LogP contribution in [-0.2, 0) is 39.1 Å². The number of ether oxygens (including phenoxy) is 1. The Labute approximate surface area is 186 Å². The fraction of sp³-hybridized carbons (Fsp3) is 0.458. The Morgan fingerprint density at radius 2 is 1.61 bits per heavy atom. The van der Waals surface area contributed by atoms with E-state index in [1.165, 1.54) is 4.31 Å². The van der Waals surface area contributed by atoms with Crippen LogP contribution in [0, 0.1) is 0 Å². The number of rotatable bonds is 12. The van der Waals surface area contributed by atoms with Gasteiger partial charge < -0.3 is 10.1 Å². The van der Waals surface area contributed by atoms with E-state index in [9.17, 15) is 13.2 Å². The van der Waals surface area contributed by atoms with Crippen LogP contribution in [0.5, 0.6) is 0 Å². The zero-order valence-corrected chi connectivity index (χ0v) is 19.7. The molecule has 2 aromatic rings. The van der Waals surface area contributed by atoms with Crippen molar-refractivity contribution in [3.05, 3.63) is 65.2 Å². The molecule has 0 fully saturated rings. The number of aryl methyl sites for hydroxylation is 1. The minimum absolute atomic E-state index is 0.0422. The Balaban J connectivity index is 1.88. The molecule has 1 N–H and O–H groups in total. The minimum atomic E-state index is -3.46. The topological polar surface area (TPSA) is 75.7 Å². The molecule has 0 aromatic heterocycles. The van der Waals surface area contributed by atoms with Crippen molar-refractivity contribution in [3.8, 4) is 0 Å². The molecule has 1 amide bonds. The van der Waals surface area contributed by atoms with Gasteiger partial charge in [-0.05, 0) is 49.1 Å². The second kappa shape index (κ2) is 12.0. The molecule has 31 heavy (non-hydrogen) atoms. The number of carbonyl (C=O) groups excluding carboxylic acids is 1. The molecule has 0 aliphatic carbocycles. The lowest BCUT2D eigenvalue weighted by Crippen LogP contribution is -2.30. The molecule has 0 aliphatic rings. The summed E-state index contributed by atoms with van der Waals surface area (Å²) in [7, 11) is -3.46. The smallest absolute Gasteiger partial charge is 0.243 e. The number of sulfonamides is 1. The molecule has 0 spiro atoms. The number of nitrogens with one attached hydrogen (secondary N) is 1. The summed E-state index contributed by atoms with van der Waals surface area (Å²) in [6.07, 6.45) is 1.04. The summed E-state index contributed by atoms with van der Waals surface area (Å²) in [5, 5.41) is 2.97. The fourth-order valence-electron chi connectivity index (χ4n) is 3.21. The van der Waals surface area contributed by atoms with E-state index in [0.29, 0.717) is 39.1 Å². The summed E-state index contributed by atoms with van der Waals surface area (Å²) in [4.78, 5) is 12.6. The molecule has 0 heterocycles. The van der Waals surface area contributed by atoms with Crippen molar-refractivity contribution in [1.29, 1.82) is 0 Å². The molecular weight excluding hydrogens is 412 g/mol. The van der Waals surface area contributed by atoms with Crippen LogP contribution in [0.2, 0.25) is 0 Å². The van der Waals surface area contributed by atoms with E-state index in [4.69, 9.17) is 4.74 Å². The largest absolute Gasteiger partial charge is 0.374 e. The van der Waals surface area contributed by atoms with Gasteiger partial charge in [-0.25, -0.2) is 8.42 Å². The van der Waals surface area contributed by atoms with Crippen molar-refractivity contribution in [2.75, 3.05) is 13.1 Å². The summed E-state index contributed by atoms with van der Waals surface area (Å²) in [5.74, 6) is -0.0422. The summed E-state index contributed by atoms with van der Waals surface area (Å²) in [5.41, 5.74) is 3.04. The first kappa shape index (κ1) is 25.0. The van der Waals surface area contributed by atoms with Gasteiger partial charge in [0, 0.05) is 26.1 Å². The van der Waals surface area contributed by atoms with Crippen LogP contribution in [0.15, 0.2) is 53.4 Å². The van der Waals surface area contributed by atoms with Crippen LogP contribution < -0.4 is 5.32 Å². The maximum Gasteiger partial charge on any atom is 0.243 e. The third-order valence-corrected chi connectivity index (χ3v) is 7.14. The summed E-state index contributed by atoms with van der Waals surface area (Å²) in [6.45, 7) is 9.49. The molecule has 0 unspecified atom stereocenters. The Morgan fingerprint density at radius 1 is 1.00 bits per heavy atom. The van der Waals surface area contributed by atoms with Crippen LogP contribution in [0.3, 0.4) is 0 Å². The van der Waals surface area contributed by atoms with Gasteiger partial charge in [0.2, 0.25) is 15.9 Å². The van der Waals surface area contributed by atoms with Gasteiger partial charge in [0.05, 0.1) is 17.6 Å². The number of nitrogens with zero attached hydrogens (tertiary/aromatic N) is 1. The van der Waals surface area contributed by atoms with E-state index >= 15 is 0 Å². The van der Waals surface area contributed by atoms with Gasteiger partial charge in [-0.2, -0.15) is 4.31 Å². The summed E-state index contributed by atoms with van der Waals surface area (Å²) < 4.78 is 32.2. The minimum Gasteiger partial charge on any atom is -0.374 e. The normalized spacial score (nSPS) is 11.8. The number of hydrogen-bond donors (Lipinski definition) is 1. The Kier molecular flexibility index (Phi) is 9.68. The standard InChI is InChI=1S/C24H34N2O4S/c1-5-26(6-2)31(28,29)23-14-11-20(12-15-23)13-16-24(27)25-17-21-9-7-8-10-22(21)18-30-19(3)4/h7-12,14-15,19H,5-6,13,16-18H2,1-4H3,(H,25,27). The van der Waals surface area contributed by atoms with Crippen molar-refractivity contribution < 1.29 is 17.9 Å². The molecule has 0 saturated heterocycles. The highest BCUT2D eigenvalue weighted by Crippen LogP contribution is 2.17. The second-order valence-electron chi connectivity index (χ2n) is 7.64. The first-order valence-corrected chi connectivity index (χ1v) is 12.3. The van der Waals surface area contributed by atoms with Crippen LogP contribution in [0.25, 0.3) is 0 Å². The third kappa shape index (κ3) is 7.45. The van der Waals surface area contributed by atoms with Crippen molar-refractivity contribution in [2.24, 2.45) is 0 Å². The molecule has 2 aromatic carbocycles. The zero-order valence-electron chi connectivity index (χ0n) is 18.9. The SMILES string of the molecule is CCN(CC)S(=O)(=O)c1ccc(CCC(=O)NCc2ccccc2COC(C)C)cc1. The van der Waals surface area contributed by atoms with Crippen LogP contribution in [0.1, 0.15) is 50.8 Å². The average molecular weight is 447 g/mol. The highest BCUT2D eigenvalue weighted by molar-refractivity contribution is 7.89. The molecule has 0 bridgehead atoms. The number of hydrogen-bond acceptors (Lipinski definition) is 4. The van der Waals surface area contributed by atoms with Crippen molar-refractivity contribution in [1.82, 2.24) is 9.62 Å². The monoisotopic (exact) mass is 446 g/mol. The molecule has 0 radical (unpaired) electrons. The van der Waals surface area contributed by atoms with Gasteiger partial charge in [0.25, 0.3) is 0 Å². The Morgan fingerprint density at radius 3 is 2.19 bits per heavy atom. The van der Waals surface area contributed by atoms with Gasteiger partial charge in [-0.1, -0.05) is 50.2 Å². The first-order valence-electron chi connectivity index (χ1n) is 10.8. The second-order valence-corrected chi connectivity index (χ2v) is 9.58. The highest BCUT2D eigenvalue weighted by atomic mass is 32.2. The lowest BCUT2D eigenvalue weighted by molar-refractivity contribution is -0.121. The number of carbonyl (C=O) groups is 1. The van der Waals surface area contributed by atoms with Crippen molar-refractivity contribution in [2.45, 2.75) is 64.7 Å². The molecule has 0 saturated carbocycles. The molecule has 2 rings (SSSR count). The summed E-state index contributed by atoms with van der Waals surface area (Å²) >= 11 is 0. The predicted octanol–water partition coefficient (Wildman–Crippen LogP) is 3.89. The van der Waals surface area contributed by atoms with Gasteiger partial charge in [0.15, 0.2) is 0 Å². The zero-order chi connectivity index (χ0) is 22.9. The highest BCUT2D eigenvalue weighted by Gasteiger charge is 2.21. The van der Waals surface area contributed by atoms with Gasteiger partial charge >= 0.3 is 0 Å². The Hall–Kier alpha value is -2.22. The maximum absolute atomic E-state index is 12.6. The van der Waals surface area contributed by atoms with E-state index < -0.39 is 10.0 Å². The van der Waals surface area contributed by atoms with Crippen LogP contribution in [-0.4, -0.2) is 37.8 Å². The van der Waals surface area contributed by atoms with Crippen LogP contribution >= 0.6 is 0 Å². The quantitative estimate of drug-likeness (QED) is 0.537. The number of amides is 1. The van der Waals surface area contributed by atoms with Crippen molar-refractivity contribution in [3.63, 3.8) is 0 Å². The molecule has 0 aliphatic heterocycles.